The van der Waals surface area contributed by atoms with E-state index in [1.165, 1.54) is 44.6 Å². The molecule has 40 heavy (non-hydrogen) atoms. The number of hydrogen-bond donors (Lipinski definition) is 0. The van der Waals surface area contributed by atoms with Crippen molar-refractivity contribution in [2.24, 2.45) is 0 Å². The van der Waals surface area contributed by atoms with Crippen LogP contribution < -0.4 is 0 Å². The van der Waals surface area contributed by atoms with Crippen LogP contribution in [0.5, 0.6) is 0 Å². The average molecular weight is 537 g/mol. The molecule has 0 aliphatic heterocycles. The van der Waals surface area contributed by atoms with Gasteiger partial charge in [-0.1, -0.05) is 154 Å². The van der Waals surface area contributed by atoms with E-state index in [0.717, 1.165) is 25.7 Å². The lowest BCUT2D eigenvalue weighted by Crippen LogP contribution is -1.76. The van der Waals surface area contributed by atoms with Gasteiger partial charge in [-0.05, 0) is 94.9 Å². The van der Waals surface area contributed by atoms with Crippen LogP contribution in [0, 0.1) is 0 Å². The molecular formula is C40H56. The molecule has 0 saturated heterocycles. The molecule has 0 spiro atoms. The number of hydrogen-bond acceptors (Lipinski definition) is 0. The van der Waals surface area contributed by atoms with Crippen molar-refractivity contribution in [2.75, 3.05) is 0 Å². The van der Waals surface area contributed by atoms with E-state index in [0.29, 0.717) is 0 Å². The van der Waals surface area contributed by atoms with E-state index in [4.69, 9.17) is 0 Å². The zero-order chi connectivity index (χ0) is 30.2. The summed E-state index contributed by atoms with van der Waals surface area (Å²) >= 11 is 0. The summed E-state index contributed by atoms with van der Waals surface area (Å²) in [6.07, 6.45) is 43.3. The van der Waals surface area contributed by atoms with E-state index < -0.39 is 0 Å². The Labute approximate surface area is 248 Å². The Hall–Kier alpha value is -3.38. The van der Waals surface area contributed by atoms with Gasteiger partial charge in [0.15, 0.2) is 0 Å². The van der Waals surface area contributed by atoms with E-state index in [1.807, 2.05) is 0 Å². The van der Waals surface area contributed by atoms with Gasteiger partial charge in [-0.2, -0.15) is 0 Å². The predicted octanol–water partition coefficient (Wildman–Crippen LogP) is 12.9. The lowest BCUT2D eigenvalue weighted by molar-refractivity contribution is 0.967. The van der Waals surface area contributed by atoms with Crippen molar-refractivity contribution < 1.29 is 0 Å². The zero-order valence-corrected chi connectivity index (χ0v) is 27.2. The highest BCUT2D eigenvalue weighted by Crippen LogP contribution is 2.09. The summed E-state index contributed by atoms with van der Waals surface area (Å²) < 4.78 is 0. The van der Waals surface area contributed by atoms with Gasteiger partial charge in [-0.3, -0.25) is 0 Å². The quantitative estimate of drug-likeness (QED) is 0.136. The van der Waals surface area contributed by atoms with Crippen LogP contribution in [0.1, 0.15) is 94.9 Å². The van der Waals surface area contributed by atoms with Crippen LogP contribution in [0.2, 0.25) is 0 Å². The van der Waals surface area contributed by atoms with Gasteiger partial charge < -0.3 is 0 Å². The first-order chi connectivity index (χ1) is 19.0. The van der Waals surface area contributed by atoms with E-state index in [9.17, 15) is 0 Å². The summed E-state index contributed by atoms with van der Waals surface area (Å²) in [6, 6.07) is 0. The Morgan fingerprint density at radius 3 is 0.925 bits per heavy atom. The lowest BCUT2D eigenvalue weighted by atomic mass is 10.1. The second-order valence-corrected chi connectivity index (χ2v) is 11.1. The second kappa shape index (κ2) is 23.5. The van der Waals surface area contributed by atoms with Crippen molar-refractivity contribution in [1.29, 1.82) is 0 Å². The summed E-state index contributed by atoms with van der Waals surface area (Å²) in [5, 5.41) is 0. The first kappa shape index (κ1) is 36.6. The fraction of sp³-hybridized carbons (Fsp3) is 0.350. The molecule has 0 bridgehead atoms. The SMILES string of the molecule is CC(C)=CCC\C(C)=C/C=C\C(C)=C/C=C\C(C)=C/C=C\C=C(C)\C=C/C=C(C)/C=C\C=C(/C)CCC=C(C)C. The Morgan fingerprint density at radius 2 is 0.625 bits per heavy atom. The third-order valence-corrected chi connectivity index (χ3v) is 5.93. The van der Waals surface area contributed by atoms with Crippen LogP contribution in [0.25, 0.3) is 0 Å². The van der Waals surface area contributed by atoms with Crippen molar-refractivity contribution in [1.82, 2.24) is 0 Å². The molecule has 0 heteroatoms. The first-order valence-electron chi connectivity index (χ1n) is 14.7. The standard InChI is InChI=1S/C40H56/c1-33(2)19-13-23-37(7)27-17-31-39(9)29-15-25-35(5)21-11-12-22-36(6)26-16-30-40(10)32-18-28-38(8)24-14-20-34(3)4/h11-12,15-22,25-32H,13-14,23-24H2,1-10H3/b12-11-,25-15-,26-16-,31-17-,32-18-,35-21-,36-22+,37-27-,38-28+,39-29-,40-30+. The van der Waals surface area contributed by atoms with Crippen LogP contribution in [0.4, 0.5) is 0 Å². The van der Waals surface area contributed by atoms with Crippen molar-refractivity contribution in [3.8, 4) is 0 Å². The molecule has 0 heterocycles. The summed E-state index contributed by atoms with van der Waals surface area (Å²) in [5.74, 6) is 0. The van der Waals surface area contributed by atoms with Crippen LogP contribution in [0.3, 0.4) is 0 Å². The van der Waals surface area contributed by atoms with Gasteiger partial charge in [0.25, 0.3) is 0 Å². The molecule has 0 unspecified atom stereocenters. The average Bonchev–Trinajstić information content (AvgIpc) is 2.86. The molecule has 0 aliphatic rings. The maximum atomic E-state index is 2.30. The highest BCUT2D eigenvalue weighted by molar-refractivity contribution is 5.32. The van der Waals surface area contributed by atoms with Gasteiger partial charge in [0.05, 0.1) is 0 Å². The minimum atomic E-state index is 1.12. The van der Waals surface area contributed by atoms with E-state index in [1.54, 1.807) is 0 Å². The van der Waals surface area contributed by atoms with Crippen molar-refractivity contribution in [3.05, 3.63) is 154 Å². The van der Waals surface area contributed by atoms with Crippen molar-refractivity contribution >= 4 is 0 Å². The van der Waals surface area contributed by atoms with Gasteiger partial charge in [-0.25, -0.2) is 0 Å². The molecule has 216 valence electrons. The second-order valence-electron chi connectivity index (χ2n) is 11.1. The van der Waals surface area contributed by atoms with Gasteiger partial charge in [0.2, 0.25) is 0 Å². The zero-order valence-electron chi connectivity index (χ0n) is 27.2. The fourth-order valence-electron chi connectivity index (χ4n) is 3.41. The van der Waals surface area contributed by atoms with Crippen molar-refractivity contribution in [2.45, 2.75) is 94.9 Å². The van der Waals surface area contributed by atoms with Gasteiger partial charge in [-0.15, -0.1) is 0 Å². The maximum Gasteiger partial charge on any atom is -0.0285 e. The maximum absolute atomic E-state index is 2.30. The largest absolute Gasteiger partial charge is 0.0856 e. The molecule has 0 aliphatic carbocycles. The summed E-state index contributed by atoms with van der Waals surface area (Å²) in [7, 11) is 0. The van der Waals surface area contributed by atoms with Crippen molar-refractivity contribution in [3.63, 3.8) is 0 Å². The highest BCUT2D eigenvalue weighted by atomic mass is 13.9. The molecule has 0 aromatic carbocycles. The highest BCUT2D eigenvalue weighted by Gasteiger charge is 1.88. The molecule has 0 aromatic rings. The lowest BCUT2D eigenvalue weighted by Gasteiger charge is -1.96. The number of rotatable bonds is 16. The predicted molar refractivity (Wildman–Crippen MR) is 186 cm³/mol. The molecule has 0 nitrogen and oxygen atoms in total. The van der Waals surface area contributed by atoms with Gasteiger partial charge in [0, 0.05) is 0 Å². The molecular weight excluding hydrogens is 480 g/mol. The Balaban J connectivity index is 4.70. The molecule has 0 N–H and O–H groups in total. The molecule has 0 amide bonds. The normalized spacial score (nSPS) is 15.1. The molecule has 0 aromatic heterocycles. The molecule has 0 saturated carbocycles. The summed E-state index contributed by atoms with van der Waals surface area (Å²) in [5.41, 5.74) is 10.5. The summed E-state index contributed by atoms with van der Waals surface area (Å²) in [4.78, 5) is 0. The van der Waals surface area contributed by atoms with E-state index >= 15 is 0 Å². The Kier molecular flexibility index (Phi) is 21.5. The molecule has 0 fully saturated rings. The monoisotopic (exact) mass is 536 g/mol. The Bertz CT molecular complexity index is 1050. The fourth-order valence-corrected chi connectivity index (χ4v) is 3.41. The van der Waals surface area contributed by atoms with Crippen LogP contribution in [0.15, 0.2) is 154 Å². The third-order valence-electron chi connectivity index (χ3n) is 5.93. The van der Waals surface area contributed by atoms with Gasteiger partial charge in [0.1, 0.15) is 0 Å². The molecule has 0 radical (unpaired) electrons. The number of allylic oxidation sites excluding steroid dienone is 26. The van der Waals surface area contributed by atoms with Crippen LogP contribution in [-0.2, 0) is 0 Å². The Morgan fingerprint density at radius 1 is 0.350 bits per heavy atom. The van der Waals surface area contributed by atoms with Gasteiger partial charge >= 0.3 is 0 Å². The minimum absolute atomic E-state index is 1.12. The topological polar surface area (TPSA) is 0 Å². The smallest absolute Gasteiger partial charge is 0.0285 e. The molecule has 0 rings (SSSR count). The minimum Gasteiger partial charge on any atom is -0.0856 e. The van der Waals surface area contributed by atoms with Crippen LogP contribution in [-0.4, -0.2) is 0 Å². The van der Waals surface area contributed by atoms with E-state index in [2.05, 4.69) is 179 Å². The third kappa shape index (κ3) is 24.9. The first-order valence-corrected chi connectivity index (χ1v) is 14.7. The molecule has 0 atom stereocenters. The van der Waals surface area contributed by atoms with E-state index in [-0.39, 0.29) is 0 Å². The summed E-state index contributed by atoms with van der Waals surface area (Å²) in [6.45, 7) is 21.5. The van der Waals surface area contributed by atoms with Crippen LogP contribution >= 0.6 is 0 Å².